The van der Waals surface area contributed by atoms with Crippen LogP contribution in [0.5, 0.6) is 0 Å². The summed E-state index contributed by atoms with van der Waals surface area (Å²) in [6.07, 6.45) is 38.0. The first-order valence-corrected chi connectivity index (χ1v) is 17.1. The number of hydrogen-bond acceptors (Lipinski definition) is 2. The molecule has 0 amide bonds. The van der Waals surface area contributed by atoms with E-state index in [1.165, 1.54) is 148 Å². The van der Waals surface area contributed by atoms with Crippen molar-refractivity contribution in [2.24, 2.45) is 5.41 Å². The second-order valence-corrected chi connectivity index (χ2v) is 12.3. The van der Waals surface area contributed by atoms with Crippen LogP contribution in [0.4, 0.5) is 0 Å². The van der Waals surface area contributed by atoms with Gasteiger partial charge in [0, 0.05) is 18.3 Å². The minimum atomic E-state index is -0.0764. The molecule has 220 valence electrons. The topological polar surface area (TPSA) is 34.1 Å². The molecule has 0 aromatic rings. The Bertz CT molecular complexity index is 486. The second kappa shape index (κ2) is 28.4. The van der Waals surface area contributed by atoms with Crippen LogP contribution in [-0.2, 0) is 9.59 Å². The molecule has 2 heteroatoms. The summed E-state index contributed by atoms with van der Waals surface area (Å²) in [6, 6.07) is 0. The molecule has 0 spiro atoms. The van der Waals surface area contributed by atoms with Gasteiger partial charge in [0.1, 0.15) is 12.1 Å². The third kappa shape index (κ3) is 24.1. The van der Waals surface area contributed by atoms with E-state index in [2.05, 4.69) is 20.8 Å². The van der Waals surface area contributed by atoms with Gasteiger partial charge in [-0.1, -0.05) is 168 Å². The first-order valence-electron chi connectivity index (χ1n) is 17.1. The second-order valence-electron chi connectivity index (χ2n) is 12.3. The fourth-order valence-corrected chi connectivity index (χ4v) is 5.63. The molecule has 0 aliphatic carbocycles. The van der Waals surface area contributed by atoms with E-state index >= 15 is 0 Å². The average Bonchev–Trinajstić information content (AvgIpc) is 2.91. The highest BCUT2D eigenvalue weighted by atomic mass is 16.1. The SMILES string of the molecule is CCCCCCCCCCCCCCC(C)(CC)C(=O)CCCCCCCCCCCCCCCC=O. The molecule has 0 rings (SSSR count). The summed E-state index contributed by atoms with van der Waals surface area (Å²) in [5.41, 5.74) is -0.0764. The molecule has 0 saturated carbocycles. The largest absolute Gasteiger partial charge is 0.303 e. The van der Waals surface area contributed by atoms with E-state index in [9.17, 15) is 9.59 Å². The van der Waals surface area contributed by atoms with Gasteiger partial charge in [-0.2, -0.15) is 0 Å². The molecular formula is C35H68O2. The summed E-state index contributed by atoms with van der Waals surface area (Å²) < 4.78 is 0. The molecule has 0 fully saturated rings. The molecule has 0 bridgehead atoms. The van der Waals surface area contributed by atoms with Gasteiger partial charge in [0.25, 0.3) is 0 Å². The Hall–Kier alpha value is -0.660. The van der Waals surface area contributed by atoms with Crippen molar-refractivity contribution < 1.29 is 9.59 Å². The maximum atomic E-state index is 12.9. The molecule has 37 heavy (non-hydrogen) atoms. The summed E-state index contributed by atoms with van der Waals surface area (Å²) in [6.45, 7) is 6.74. The highest BCUT2D eigenvalue weighted by molar-refractivity contribution is 5.84. The standard InChI is InChI=1S/C35H68O2/c1-4-6-7-8-9-10-11-17-20-23-26-29-32-35(3,5-2)34(37)31-28-25-22-19-16-14-12-13-15-18-21-24-27-30-33-36/h33H,4-32H2,1-3H3. The van der Waals surface area contributed by atoms with E-state index in [-0.39, 0.29) is 5.41 Å². The minimum absolute atomic E-state index is 0.0764. The lowest BCUT2D eigenvalue weighted by atomic mass is 9.76. The van der Waals surface area contributed by atoms with E-state index in [1.807, 2.05) is 0 Å². The van der Waals surface area contributed by atoms with E-state index < -0.39 is 0 Å². The third-order valence-electron chi connectivity index (χ3n) is 8.76. The van der Waals surface area contributed by atoms with E-state index in [0.29, 0.717) is 5.78 Å². The zero-order valence-corrected chi connectivity index (χ0v) is 25.9. The Morgan fingerprint density at radius 1 is 0.514 bits per heavy atom. The predicted octanol–water partition coefficient (Wildman–Crippen LogP) is 12.1. The van der Waals surface area contributed by atoms with Gasteiger partial charge in [0.15, 0.2) is 0 Å². The van der Waals surface area contributed by atoms with Crippen LogP contribution in [0, 0.1) is 5.41 Å². The van der Waals surface area contributed by atoms with Crippen LogP contribution < -0.4 is 0 Å². The van der Waals surface area contributed by atoms with E-state index in [4.69, 9.17) is 0 Å². The maximum Gasteiger partial charge on any atom is 0.138 e. The molecule has 0 radical (unpaired) electrons. The first-order chi connectivity index (χ1) is 18.1. The van der Waals surface area contributed by atoms with Crippen LogP contribution in [0.3, 0.4) is 0 Å². The van der Waals surface area contributed by atoms with Crippen molar-refractivity contribution in [3.8, 4) is 0 Å². The quantitative estimate of drug-likeness (QED) is 0.0672. The molecule has 0 aromatic carbocycles. The average molecular weight is 521 g/mol. The van der Waals surface area contributed by atoms with Crippen molar-refractivity contribution in [1.29, 1.82) is 0 Å². The monoisotopic (exact) mass is 521 g/mol. The highest BCUT2D eigenvalue weighted by Crippen LogP contribution is 2.32. The highest BCUT2D eigenvalue weighted by Gasteiger charge is 2.29. The van der Waals surface area contributed by atoms with Gasteiger partial charge in [-0.05, 0) is 25.7 Å². The van der Waals surface area contributed by atoms with Crippen molar-refractivity contribution in [1.82, 2.24) is 0 Å². The lowest BCUT2D eigenvalue weighted by Gasteiger charge is -2.27. The van der Waals surface area contributed by atoms with Crippen molar-refractivity contribution in [3.63, 3.8) is 0 Å². The number of aldehydes is 1. The molecule has 0 aliphatic heterocycles. The van der Waals surface area contributed by atoms with Crippen LogP contribution in [0.2, 0.25) is 0 Å². The maximum absolute atomic E-state index is 12.9. The molecule has 1 unspecified atom stereocenters. The van der Waals surface area contributed by atoms with Crippen LogP contribution in [0.15, 0.2) is 0 Å². The van der Waals surface area contributed by atoms with Gasteiger partial charge >= 0.3 is 0 Å². The Morgan fingerprint density at radius 3 is 1.24 bits per heavy atom. The van der Waals surface area contributed by atoms with Crippen LogP contribution in [-0.4, -0.2) is 12.1 Å². The Balaban J connectivity index is 3.56. The Kier molecular flexibility index (Phi) is 27.8. The summed E-state index contributed by atoms with van der Waals surface area (Å²) in [5.74, 6) is 0.532. The third-order valence-corrected chi connectivity index (χ3v) is 8.76. The number of carbonyl (C=O) groups is 2. The number of ketones is 1. The Morgan fingerprint density at radius 2 is 0.865 bits per heavy atom. The van der Waals surface area contributed by atoms with Gasteiger partial charge in [0.05, 0.1) is 0 Å². The number of rotatable bonds is 31. The van der Waals surface area contributed by atoms with Crippen molar-refractivity contribution in [2.75, 3.05) is 0 Å². The minimum Gasteiger partial charge on any atom is -0.303 e. The van der Waals surface area contributed by atoms with Gasteiger partial charge in [-0.25, -0.2) is 0 Å². The molecule has 0 N–H and O–H groups in total. The first kappa shape index (κ1) is 36.3. The molecule has 2 nitrogen and oxygen atoms in total. The molecule has 0 aromatic heterocycles. The summed E-state index contributed by atoms with van der Waals surface area (Å²) in [7, 11) is 0. The van der Waals surface area contributed by atoms with Crippen LogP contribution >= 0.6 is 0 Å². The molecule has 0 heterocycles. The smallest absolute Gasteiger partial charge is 0.138 e. The summed E-state index contributed by atoms with van der Waals surface area (Å²) in [4.78, 5) is 23.2. The number of hydrogen-bond donors (Lipinski definition) is 0. The van der Waals surface area contributed by atoms with Crippen molar-refractivity contribution in [3.05, 3.63) is 0 Å². The zero-order valence-electron chi connectivity index (χ0n) is 25.9. The normalized spacial score (nSPS) is 13.1. The number of Topliss-reactive ketones (excluding diaryl/α,β-unsaturated/α-hetero) is 1. The molecule has 0 aliphatic rings. The van der Waals surface area contributed by atoms with E-state index in [0.717, 1.165) is 44.8 Å². The van der Waals surface area contributed by atoms with Gasteiger partial charge < -0.3 is 4.79 Å². The zero-order chi connectivity index (χ0) is 27.3. The number of unbranched alkanes of at least 4 members (excludes halogenated alkanes) is 24. The molecule has 0 saturated heterocycles. The summed E-state index contributed by atoms with van der Waals surface area (Å²) >= 11 is 0. The Labute approximate surface area is 233 Å². The molecule has 1 atom stereocenters. The fraction of sp³-hybridized carbons (Fsp3) is 0.943. The van der Waals surface area contributed by atoms with Crippen LogP contribution in [0.25, 0.3) is 0 Å². The lowest BCUT2D eigenvalue weighted by molar-refractivity contribution is -0.128. The molecular weight excluding hydrogens is 452 g/mol. The predicted molar refractivity (Wildman–Crippen MR) is 164 cm³/mol. The lowest BCUT2D eigenvalue weighted by Crippen LogP contribution is -2.27. The van der Waals surface area contributed by atoms with Crippen molar-refractivity contribution >= 4 is 12.1 Å². The number of carbonyl (C=O) groups excluding carboxylic acids is 2. The van der Waals surface area contributed by atoms with Gasteiger partial charge in [-0.3, -0.25) is 4.79 Å². The summed E-state index contributed by atoms with van der Waals surface area (Å²) in [5, 5.41) is 0. The van der Waals surface area contributed by atoms with Gasteiger partial charge in [-0.15, -0.1) is 0 Å². The van der Waals surface area contributed by atoms with E-state index in [1.54, 1.807) is 0 Å². The van der Waals surface area contributed by atoms with Crippen LogP contribution in [0.1, 0.15) is 207 Å². The van der Waals surface area contributed by atoms with Gasteiger partial charge in [0.2, 0.25) is 0 Å². The van der Waals surface area contributed by atoms with Crippen molar-refractivity contribution in [2.45, 2.75) is 207 Å². The fourth-order valence-electron chi connectivity index (χ4n) is 5.63.